The van der Waals surface area contributed by atoms with Crippen molar-refractivity contribution in [2.75, 3.05) is 6.54 Å². The van der Waals surface area contributed by atoms with E-state index in [2.05, 4.69) is 25.2 Å². The van der Waals surface area contributed by atoms with Crippen LogP contribution in [-0.2, 0) is 10.2 Å². The van der Waals surface area contributed by atoms with E-state index in [-0.39, 0.29) is 18.5 Å². The minimum atomic E-state index is -3.71. The number of unbranched alkanes of at least 4 members (excludes halogenated alkanes) is 1. The van der Waals surface area contributed by atoms with Crippen LogP contribution in [0.3, 0.4) is 0 Å². The van der Waals surface area contributed by atoms with Gasteiger partial charge < -0.3 is 5.32 Å². The molecule has 0 bridgehead atoms. The van der Waals surface area contributed by atoms with Crippen molar-refractivity contribution in [2.24, 2.45) is 5.14 Å². The highest BCUT2D eigenvalue weighted by Gasteiger charge is 2.20. The Kier molecular flexibility index (Phi) is 7.57. The van der Waals surface area contributed by atoms with Crippen molar-refractivity contribution in [2.45, 2.75) is 25.3 Å². The summed E-state index contributed by atoms with van der Waals surface area (Å²) in [6.07, 6.45) is 4.89. The predicted molar refractivity (Wildman–Crippen MR) is 115 cm³/mol. The van der Waals surface area contributed by atoms with Gasteiger partial charge in [0.2, 0.25) is 0 Å². The fraction of sp³-hybridized carbons (Fsp3) is 0.263. The van der Waals surface area contributed by atoms with Crippen molar-refractivity contribution in [3.8, 4) is 10.6 Å². The number of amides is 1. The van der Waals surface area contributed by atoms with E-state index < -0.39 is 10.2 Å². The molecule has 1 aromatic carbocycles. The minimum Gasteiger partial charge on any atom is -0.343 e. The highest BCUT2D eigenvalue weighted by atomic mass is 32.2. The second-order valence-electron chi connectivity index (χ2n) is 6.51. The summed E-state index contributed by atoms with van der Waals surface area (Å²) in [5, 5.41) is 17.9. The van der Waals surface area contributed by atoms with Gasteiger partial charge in [-0.2, -0.15) is 8.42 Å². The lowest BCUT2D eigenvalue weighted by Gasteiger charge is -2.16. The van der Waals surface area contributed by atoms with Crippen LogP contribution in [-0.4, -0.2) is 36.1 Å². The highest BCUT2D eigenvalue weighted by molar-refractivity contribution is 7.87. The van der Waals surface area contributed by atoms with Crippen LogP contribution in [0.1, 0.15) is 40.7 Å². The predicted octanol–water partition coefficient (Wildman–Crippen LogP) is 2.03. The average Bonchev–Trinajstić information content (AvgIpc) is 3.23. The number of hydrogen-bond acceptors (Lipinski definition) is 7. The number of pyridine rings is 1. The van der Waals surface area contributed by atoms with Gasteiger partial charge in [-0.05, 0) is 31.4 Å². The topological polar surface area (TPSA) is 140 Å². The van der Waals surface area contributed by atoms with Crippen LogP contribution in [0.4, 0.5) is 0 Å². The molecule has 0 aliphatic carbocycles. The van der Waals surface area contributed by atoms with Gasteiger partial charge in [0.15, 0.2) is 0 Å². The van der Waals surface area contributed by atoms with Gasteiger partial charge in [0.25, 0.3) is 16.1 Å². The van der Waals surface area contributed by atoms with Crippen molar-refractivity contribution < 1.29 is 13.2 Å². The zero-order chi connectivity index (χ0) is 21.4. The molecular weight excluding hydrogens is 424 g/mol. The number of rotatable bonds is 10. The summed E-state index contributed by atoms with van der Waals surface area (Å²) in [7, 11) is -3.71. The van der Waals surface area contributed by atoms with Gasteiger partial charge >= 0.3 is 0 Å². The van der Waals surface area contributed by atoms with Gasteiger partial charge in [-0.3, -0.25) is 9.78 Å². The molecule has 0 fully saturated rings. The minimum absolute atomic E-state index is 0.230. The fourth-order valence-electron chi connectivity index (χ4n) is 2.76. The number of carbonyl (C=O) groups excluding carboxylic acids is 1. The first-order valence-corrected chi connectivity index (χ1v) is 11.7. The third kappa shape index (κ3) is 6.66. The Morgan fingerprint density at radius 2 is 1.90 bits per heavy atom. The lowest BCUT2D eigenvalue weighted by molar-refractivity contribution is 0.0933. The SMILES string of the molecule is NS(=O)(=O)NCCCCC(NC(=O)c1cccnc1)c1nnc(-c2ccccc2)s1. The maximum atomic E-state index is 12.6. The van der Waals surface area contributed by atoms with Crippen molar-refractivity contribution in [3.63, 3.8) is 0 Å². The smallest absolute Gasteiger partial charge is 0.274 e. The summed E-state index contributed by atoms with van der Waals surface area (Å²) < 4.78 is 24.2. The van der Waals surface area contributed by atoms with Crippen LogP contribution in [0.25, 0.3) is 10.6 Å². The zero-order valence-corrected chi connectivity index (χ0v) is 17.7. The Balaban J connectivity index is 1.70. The summed E-state index contributed by atoms with van der Waals surface area (Å²) in [4.78, 5) is 16.6. The molecule has 3 rings (SSSR count). The molecule has 9 nitrogen and oxygen atoms in total. The molecule has 3 aromatic rings. The van der Waals surface area contributed by atoms with E-state index >= 15 is 0 Å². The quantitative estimate of drug-likeness (QED) is 0.407. The number of aromatic nitrogens is 3. The Labute approximate surface area is 179 Å². The third-order valence-electron chi connectivity index (χ3n) is 4.21. The summed E-state index contributed by atoms with van der Waals surface area (Å²) in [5.74, 6) is -0.257. The van der Waals surface area contributed by atoms with Crippen molar-refractivity contribution in [1.29, 1.82) is 0 Å². The van der Waals surface area contributed by atoms with E-state index in [1.807, 2.05) is 30.3 Å². The lowest BCUT2D eigenvalue weighted by atomic mass is 10.1. The third-order valence-corrected chi connectivity index (χ3v) is 5.90. The van der Waals surface area contributed by atoms with Crippen LogP contribution in [0, 0.1) is 0 Å². The van der Waals surface area contributed by atoms with Crippen LogP contribution in [0.15, 0.2) is 54.9 Å². The first-order valence-electron chi connectivity index (χ1n) is 9.29. The first-order chi connectivity index (χ1) is 14.4. The number of hydrogen-bond donors (Lipinski definition) is 3. The summed E-state index contributed by atoms with van der Waals surface area (Å²) >= 11 is 1.42. The molecule has 2 aromatic heterocycles. The molecular formula is C19H22N6O3S2. The number of nitrogens with two attached hydrogens (primary N) is 1. The summed E-state index contributed by atoms with van der Waals surface area (Å²) in [5.41, 5.74) is 1.40. The van der Waals surface area contributed by atoms with E-state index in [1.54, 1.807) is 18.3 Å². The Morgan fingerprint density at radius 3 is 2.60 bits per heavy atom. The standard InChI is InChI=1S/C19H22N6O3S2/c20-30(27,28)22-12-5-4-10-16(23-17(26)15-9-6-11-21-13-15)19-25-24-18(29-19)14-7-2-1-3-8-14/h1-3,6-9,11,13,16,22H,4-5,10,12H2,(H,23,26)(H2,20,27,28). The summed E-state index contributed by atoms with van der Waals surface area (Å²) in [6, 6.07) is 12.7. The monoisotopic (exact) mass is 446 g/mol. The molecule has 4 N–H and O–H groups in total. The molecule has 0 spiro atoms. The van der Waals surface area contributed by atoms with E-state index in [4.69, 9.17) is 5.14 Å². The fourth-order valence-corrected chi connectivity index (χ4v) is 4.12. The molecule has 0 aliphatic rings. The average molecular weight is 447 g/mol. The van der Waals surface area contributed by atoms with Crippen molar-refractivity contribution in [1.82, 2.24) is 25.2 Å². The number of nitrogens with zero attached hydrogens (tertiary/aromatic N) is 3. The van der Waals surface area contributed by atoms with Gasteiger partial charge in [0.1, 0.15) is 10.0 Å². The molecule has 158 valence electrons. The molecule has 1 amide bonds. The summed E-state index contributed by atoms with van der Waals surface area (Å²) in [6.45, 7) is 0.230. The maximum absolute atomic E-state index is 12.6. The Bertz CT molecular complexity index is 1060. The maximum Gasteiger partial charge on any atom is 0.274 e. The highest BCUT2D eigenvalue weighted by Crippen LogP contribution is 2.29. The van der Waals surface area contributed by atoms with Crippen molar-refractivity contribution >= 4 is 27.5 Å². The van der Waals surface area contributed by atoms with Gasteiger partial charge in [-0.1, -0.05) is 41.7 Å². The number of nitrogens with one attached hydrogen (secondary N) is 2. The first kappa shape index (κ1) is 22.0. The molecule has 0 aliphatic heterocycles. The zero-order valence-electron chi connectivity index (χ0n) is 16.1. The van der Waals surface area contributed by atoms with Crippen LogP contribution >= 0.6 is 11.3 Å². The Hall–Kier alpha value is -2.73. The molecule has 0 radical (unpaired) electrons. The van der Waals surface area contributed by atoms with E-state index in [1.165, 1.54) is 17.5 Å². The van der Waals surface area contributed by atoms with Gasteiger partial charge in [-0.15, -0.1) is 10.2 Å². The second kappa shape index (κ2) is 10.3. The van der Waals surface area contributed by atoms with Gasteiger partial charge in [-0.25, -0.2) is 9.86 Å². The second-order valence-corrected chi connectivity index (χ2v) is 8.90. The van der Waals surface area contributed by atoms with E-state index in [0.717, 1.165) is 10.6 Å². The Morgan fingerprint density at radius 1 is 1.10 bits per heavy atom. The van der Waals surface area contributed by atoms with E-state index in [0.29, 0.717) is 29.8 Å². The largest absolute Gasteiger partial charge is 0.343 e. The molecule has 0 saturated carbocycles. The van der Waals surface area contributed by atoms with Crippen LogP contribution < -0.4 is 15.2 Å². The molecule has 1 atom stereocenters. The van der Waals surface area contributed by atoms with Gasteiger partial charge in [0.05, 0.1) is 11.6 Å². The molecule has 1 unspecified atom stereocenters. The van der Waals surface area contributed by atoms with E-state index in [9.17, 15) is 13.2 Å². The molecule has 2 heterocycles. The molecule has 30 heavy (non-hydrogen) atoms. The normalized spacial score (nSPS) is 12.4. The lowest BCUT2D eigenvalue weighted by Crippen LogP contribution is -2.32. The van der Waals surface area contributed by atoms with Crippen LogP contribution in [0.2, 0.25) is 0 Å². The van der Waals surface area contributed by atoms with Gasteiger partial charge in [0, 0.05) is 24.5 Å². The van der Waals surface area contributed by atoms with Crippen molar-refractivity contribution in [3.05, 3.63) is 65.4 Å². The molecule has 11 heteroatoms. The van der Waals surface area contributed by atoms with Crippen LogP contribution in [0.5, 0.6) is 0 Å². The number of benzene rings is 1. The number of carbonyl (C=O) groups is 1. The molecule has 0 saturated heterocycles.